The number of aromatic nitrogens is 1. The summed E-state index contributed by atoms with van der Waals surface area (Å²) in [5, 5.41) is 2.41. The summed E-state index contributed by atoms with van der Waals surface area (Å²) >= 11 is 1.40. The molecule has 4 N–H and O–H groups in total. The highest BCUT2D eigenvalue weighted by molar-refractivity contribution is 7.13. The Morgan fingerprint density at radius 1 is 0.944 bits per heavy atom. The van der Waals surface area contributed by atoms with Crippen molar-refractivity contribution in [1.29, 1.82) is 0 Å². The number of hydrogen-bond donors (Lipinski definition) is 2. The molecule has 0 radical (unpaired) electrons. The number of furan rings is 1. The van der Waals surface area contributed by atoms with Crippen molar-refractivity contribution in [1.82, 2.24) is 4.98 Å². The summed E-state index contributed by atoms with van der Waals surface area (Å²) in [6.07, 6.45) is 0. The zero-order valence-electron chi connectivity index (χ0n) is 9.46. The summed E-state index contributed by atoms with van der Waals surface area (Å²) in [5.74, 6) is 1.51. The van der Waals surface area contributed by atoms with Gasteiger partial charge in [-0.3, -0.25) is 0 Å². The van der Waals surface area contributed by atoms with Crippen molar-refractivity contribution in [3.63, 3.8) is 0 Å². The highest BCUT2D eigenvalue weighted by Gasteiger charge is 2.09. The molecule has 5 heteroatoms. The van der Waals surface area contributed by atoms with Gasteiger partial charge in [0.1, 0.15) is 11.5 Å². The number of nitrogen functional groups attached to an aromatic ring is 2. The molecule has 2 heterocycles. The quantitative estimate of drug-likeness (QED) is 0.691. The largest absolute Gasteiger partial charge is 0.454 e. The SMILES string of the molecule is Nc1ccc(-c2ccc(-c3csc(N)n3)o2)cc1. The number of rotatable bonds is 2. The summed E-state index contributed by atoms with van der Waals surface area (Å²) in [5.41, 5.74) is 13.7. The van der Waals surface area contributed by atoms with Gasteiger partial charge < -0.3 is 15.9 Å². The first kappa shape index (κ1) is 10.9. The molecule has 0 saturated carbocycles. The lowest BCUT2D eigenvalue weighted by atomic mass is 10.1. The second kappa shape index (κ2) is 4.19. The van der Waals surface area contributed by atoms with Crippen LogP contribution in [0.25, 0.3) is 22.8 Å². The molecule has 18 heavy (non-hydrogen) atoms. The van der Waals surface area contributed by atoms with Gasteiger partial charge in [0.25, 0.3) is 0 Å². The first-order valence-electron chi connectivity index (χ1n) is 5.39. The molecule has 0 saturated heterocycles. The van der Waals surface area contributed by atoms with Crippen molar-refractivity contribution in [2.75, 3.05) is 11.5 Å². The van der Waals surface area contributed by atoms with Crippen molar-refractivity contribution in [3.8, 4) is 22.8 Å². The Morgan fingerprint density at radius 3 is 2.33 bits per heavy atom. The van der Waals surface area contributed by atoms with Crippen molar-refractivity contribution in [2.45, 2.75) is 0 Å². The molecule has 0 aliphatic rings. The summed E-state index contributed by atoms with van der Waals surface area (Å²) in [6.45, 7) is 0. The van der Waals surface area contributed by atoms with Crippen LogP contribution in [0, 0.1) is 0 Å². The Bertz CT molecular complexity index is 670. The van der Waals surface area contributed by atoms with Gasteiger partial charge in [0, 0.05) is 16.6 Å². The van der Waals surface area contributed by atoms with Crippen LogP contribution in [0.2, 0.25) is 0 Å². The molecule has 2 aromatic heterocycles. The van der Waals surface area contributed by atoms with E-state index in [4.69, 9.17) is 15.9 Å². The number of anilines is 2. The van der Waals surface area contributed by atoms with Gasteiger partial charge in [0.15, 0.2) is 10.9 Å². The lowest BCUT2D eigenvalue weighted by Gasteiger charge is -1.97. The van der Waals surface area contributed by atoms with E-state index in [1.54, 1.807) is 0 Å². The summed E-state index contributed by atoms with van der Waals surface area (Å²) in [6, 6.07) is 11.3. The minimum Gasteiger partial charge on any atom is -0.454 e. The molecule has 90 valence electrons. The third-order valence-electron chi connectivity index (χ3n) is 2.58. The van der Waals surface area contributed by atoms with Gasteiger partial charge in [-0.15, -0.1) is 11.3 Å². The van der Waals surface area contributed by atoms with Gasteiger partial charge in [-0.05, 0) is 36.4 Å². The van der Waals surface area contributed by atoms with E-state index in [9.17, 15) is 0 Å². The minimum atomic E-state index is 0.537. The van der Waals surface area contributed by atoms with Gasteiger partial charge in [0.2, 0.25) is 0 Å². The maximum absolute atomic E-state index is 5.76. The number of benzene rings is 1. The normalized spacial score (nSPS) is 10.7. The highest BCUT2D eigenvalue weighted by atomic mass is 32.1. The zero-order valence-corrected chi connectivity index (χ0v) is 10.3. The fourth-order valence-corrected chi connectivity index (χ4v) is 2.23. The van der Waals surface area contributed by atoms with Crippen molar-refractivity contribution >= 4 is 22.2 Å². The average Bonchev–Trinajstić information content (AvgIpc) is 2.98. The molecule has 0 aliphatic carbocycles. The number of nitrogens with zero attached hydrogens (tertiary/aromatic N) is 1. The second-order valence-electron chi connectivity index (χ2n) is 3.86. The van der Waals surface area contributed by atoms with Gasteiger partial charge in [-0.1, -0.05) is 0 Å². The van der Waals surface area contributed by atoms with Crippen LogP contribution in [0.15, 0.2) is 46.2 Å². The van der Waals surface area contributed by atoms with E-state index in [0.717, 1.165) is 28.5 Å². The molecule has 0 aliphatic heterocycles. The van der Waals surface area contributed by atoms with Crippen LogP contribution in [0.4, 0.5) is 10.8 Å². The summed E-state index contributed by atoms with van der Waals surface area (Å²) < 4.78 is 5.76. The Balaban J connectivity index is 1.96. The van der Waals surface area contributed by atoms with E-state index in [1.807, 2.05) is 41.8 Å². The topological polar surface area (TPSA) is 78.1 Å². The van der Waals surface area contributed by atoms with Crippen LogP contribution in [0.5, 0.6) is 0 Å². The lowest BCUT2D eigenvalue weighted by Crippen LogP contribution is -1.83. The molecule has 0 spiro atoms. The summed E-state index contributed by atoms with van der Waals surface area (Å²) in [7, 11) is 0. The number of thiazole rings is 1. The second-order valence-corrected chi connectivity index (χ2v) is 4.75. The van der Waals surface area contributed by atoms with Crippen LogP contribution >= 0.6 is 11.3 Å². The smallest absolute Gasteiger partial charge is 0.180 e. The van der Waals surface area contributed by atoms with E-state index < -0.39 is 0 Å². The molecule has 1 aromatic carbocycles. The average molecular weight is 257 g/mol. The Labute approximate surface area is 108 Å². The van der Waals surface area contributed by atoms with Gasteiger partial charge in [-0.2, -0.15) is 0 Å². The Hall–Kier alpha value is -2.27. The monoisotopic (exact) mass is 257 g/mol. The highest BCUT2D eigenvalue weighted by Crippen LogP contribution is 2.29. The minimum absolute atomic E-state index is 0.537. The van der Waals surface area contributed by atoms with E-state index in [-0.39, 0.29) is 0 Å². The predicted molar refractivity (Wildman–Crippen MR) is 74.1 cm³/mol. The van der Waals surface area contributed by atoms with Crippen molar-refractivity contribution in [3.05, 3.63) is 41.8 Å². The van der Waals surface area contributed by atoms with E-state index in [2.05, 4.69) is 4.98 Å². The first-order valence-corrected chi connectivity index (χ1v) is 6.27. The van der Waals surface area contributed by atoms with Crippen molar-refractivity contribution in [2.24, 2.45) is 0 Å². The third-order valence-corrected chi connectivity index (χ3v) is 3.25. The van der Waals surface area contributed by atoms with Crippen LogP contribution in [0.3, 0.4) is 0 Å². The van der Waals surface area contributed by atoms with Crippen LogP contribution < -0.4 is 11.5 Å². The van der Waals surface area contributed by atoms with E-state index in [1.165, 1.54) is 11.3 Å². The van der Waals surface area contributed by atoms with Crippen molar-refractivity contribution < 1.29 is 4.42 Å². The van der Waals surface area contributed by atoms with Gasteiger partial charge >= 0.3 is 0 Å². The lowest BCUT2D eigenvalue weighted by molar-refractivity contribution is 0.595. The fraction of sp³-hybridized carbons (Fsp3) is 0. The molecule has 3 aromatic rings. The van der Waals surface area contributed by atoms with Crippen LogP contribution in [0.1, 0.15) is 0 Å². The van der Waals surface area contributed by atoms with E-state index >= 15 is 0 Å². The third kappa shape index (κ3) is 1.96. The molecule has 3 rings (SSSR count). The van der Waals surface area contributed by atoms with Crippen LogP contribution in [-0.2, 0) is 0 Å². The van der Waals surface area contributed by atoms with Crippen LogP contribution in [-0.4, -0.2) is 4.98 Å². The summed E-state index contributed by atoms with van der Waals surface area (Å²) in [4.78, 5) is 4.18. The molecular formula is C13H11N3OS. The van der Waals surface area contributed by atoms with Gasteiger partial charge in [-0.25, -0.2) is 4.98 Å². The Kier molecular flexibility index (Phi) is 2.53. The molecular weight excluding hydrogens is 246 g/mol. The molecule has 0 unspecified atom stereocenters. The first-order chi connectivity index (χ1) is 8.72. The number of hydrogen-bond acceptors (Lipinski definition) is 5. The molecule has 0 bridgehead atoms. The standard InChI is InChI=1S/C13H11N3OS/c14-9-3-1-8(2-4-9)11-5-6-12(17-11)10-7-18-13(15)16-10/h1-7H,14H2,(H2,15,16). The zero-order chi connectivity index (χ0) is 12.5. The number of nitrogens with two attached hydrogens (primary N) is 2. The molecule has 0 fully saturated rings. The molecule has 4 nitrogen and oxygen atoms in total. The van der Waals surface area contributed by atoms with E-state index in [0.29, 0.717) is 5.13 Å². The molecule has 0 amide bonds. The maximum Gasteiger partial charge on any atom is 0.180 e. The Morgan fingerprint density at radius 2 is 1.67 bits per heavy atom. The van der Waals surface area contributed by atoms with Gasteiger partial charge in [0.05, 0.1) is 0 Å². The predicted octanol–water partition coefficient (Wildman–Crippen LogP) is 3.23. The maximum atomic E-state index is 5.76. The molecule has 0 atom stereocenters. The fourth-order valence-electron chi connectivity index (χ4n) is 1.68.